The standard InChI is InChI=1S/C21H34N4O/c1-5-22-21(25-13-11-19(15-25)14-16(2)3)23-12-10-18-6-8-20(9-7-18)24-17(4)26/h6-9,16,19H,5,10-15H2,1-4H3,(H,22,23)(H,24,26). The van der Waals surface area contributed by atoms with Crippen LogP contribution in [0.25, 0.3) is 0 Å². The second-order valence-corrected chi connectivity index (χ2v) is 7.59. The summed E-state index contributed by atoms with van der Waals surface area (Å²) in [5, 5.41) is 6.24. The van der Waals surface area contributed by atoms with Gasteiger partial charge in [0.15, 0.2) is 5.96 Å². The summed E-state index contributed by atoms with van der Waals surface area (Å²) >= 11 is 0. The van der Waals surface area contributed by atoms with Crippen molar-refractivity contribution in [2.45, 2.75) is 47.0 Å². The van der Waals surface area contributed by atoms with Crippen LogP contribution >= 0.6 is 0 Å². The first kappa shape index (κ1) is 20.3. The monoisotopic (exact) mass is 358 g/mol. The highest BCUT2D eigenvalue weighted by Gasteiger charge is 2.25. The van der Waals surface area contributed by atoms with E-state index in [1.807, 2.05) is 12.1 Å². The molecule has 1 aliphatic heterocycles. The third kappa shape index (κ3) is 6.70. The number of anilines is 1. The molecule has 0 aromatic heterocycles. The number of likely N-dealkylation sites (tertiary alicyclic amines) is 1. The average molecular weight is 359 g/mol. The van der Waals surface area contributed by atoms with E-state index in [0.717, 1.165) is 56.1 Å². The molecule has 1 heterocycles. The van der Waals surface area contributed by atoms with Crippen molar-refractivity contribution < 1.29 is 4.79 Å². The van der Waals surface area contributed by atoms with E-state index in [-0.39, 0.29) is 5.91 Å². The zero-order valence-corrected chi connectivity index (χ0v) is 16.7. The number of guanidine groups is 1. The number of carbonyl (C=O) groups is 1. The van der Waals surface area contributed by atoms with Gasteiger partial charge in [-0.15, -0.1) is 0 Å². The molecule has 1 aliphatic rings. The number of benzene rings is 1. The molecule has 0 saturated carbocycles. The van der Waals surface area contributed by atoms with Crippen LogP contribution in [0.15, 0.2) is 29.3 Å². The molecule has 26 heavy (non-hydrogen) atoms. The summed E-state index contributed by atoms with van der Waals surface area (Å²) in [7, 11) is 0. The first-order valence-corrected chi connectivity index (χ1v) is 9.87. The summed E-state index contributed by atoms with van der Waals surface area (Å²) in [6.45, 7) is 12.2. The minimum Gasteiger partial charge on any atom is -0.357 e. The maximum Gasteiger partial charge on any atom is 0.221 e. The van der Waals surface area contributed by atoms with Gasteiger partial charge in [0.1, 0.15) is 0 Å². The summed E-state index contributed by atoms with van der Waals surface area (Å²) in [5.74, 6) is 2.56. The van der Waals surface area contributed by atoms with Crippen molar-refractivity contribution in [3.8, 4) is 0 Å². The quantitative estimate of drug-likeness (QED) is 0.579. The number of hydrogen-bond acceptors (Lipinski definition) is 2. The normalized spacial score (nSPS) is 17.7. The predicted octanol–water partition coefficient (Wildman–Crippen LogP) is 3.52. The maximum absolute atomic E-state index is 11.1. The average Bonchev–Trinajstić information content (AvgIpc) is 3.02. The van der Waals surface area contributed by atoms with E-state index >= 15 is 0 Å². The van der Waals surface area contributed by atoms with Crippen LogP contribution in [-0.4, -0.2) is 42.9 Å². The fourth-order valence-electron chi connectivity index (χ4n) is 3.56. The molecular weight excluding hydrogens is 324 g/mol. The van der Waals surface area contributed by atoms with Gasteiger partial charge in [-0.1, -0.05) is 26.0 Å². The molecular formula is C21H34N4O. The summed E-state index contributed by atoms with van der Waals surface area (Å²) < 4.78 is 0. The molecule has 2 N–H and O–H groups in total. The first-order valence-electron chi connectivity index (χ1n) is 9.87. The molecule has 0 radical (unpaired) electrons. The Morgan fingerprint density at radius 2 is 2.04 bits per heavy atom. The number of hydrogen-bond donors (Lipinski definition) is 2. The molecule has 1 aromatic carbocycles. The van der Waals surface area contributed by atoms with Gasteiger partial charge in [0, 0.05) is 38.8 Å². The van der Waals surface area contributed by atoms with Crippen LogP contribution in [0.4, 0.5) is 5.69 Å². The molecule has 0 aliphatic carbocycles. The lowest BCUT2D eigenvalue weighted by Gasteiger charge is -2.22. The molecule has 1 amide bonds. The van der Waals surface area contributed by atoms with Crippen molar-refractivity contribution in [3.63, 3.8) is 0 Å². The maximum atomic E-state index is 11.1. The van der Waals surface area contributed by atoms with Gasteiger partial charge in [0.25, 0.3) is 0 Å². The van der Waals surface area contributed by atoms with E-state index < -0.39 is 0 Å². The zero-order chi connectivity index (χ0) is 18.9. The predicted molar refractivity (Wildman–Crippen MR) is 110 cm³/mol. The molecule has 144 valence electrons. The van der Waals surface area contributed by atoms with E-state index in [9.17, 15) is 4.79 Å². The first-order chi connectivity index (χ1) is 12.5. The molecule has 1 fully saturated rings. The van der Waals surface area contributed by atoms with E-state index in [2.05, 4.69) is 48.4 Å². The van der Waals surface area contributed by atoms with Crippen LogP contribution in [0.1, 0.15) is 46.1 Å². The van der Waals surface area contributed by atoms with Gasteiger partial charge in [-0.2, -0.15) is 0 Å². The minimum absolute atomic E-state index is 0.0426. The Morgan fingerprint density at radius 3 is 2.65 bits per heavy atom. The van der Waals surface area contributed by atoms with E-state index in [1.165, 1.54) is 25.3 Å². The van der Waals surface area contributed by atoms with Gasteiger partial charge in [0.05, 0.1) is 0 Å². The zero-order valence-electron chi connectivity index (χ0n) is 16.7. The Kier molecular flexibility index (Phi) is 7.95. The second-order valence-electron chi connectivity index (χ2n) is 7.59. The van der Waals surface area contributed by atoms with Gasteiger partial charge in [-0.05, 0) is 55.7 Å². The van der Waals surface area contributed by atoms with Crippen LogP contribution in [0, 0.1) is 11.8 Å². The van der Waals surface area contributed by atoms with Crippen molar-refractivity contribution in [1.82, 2.24) is 10.2 Å². The van der Waals surface area contributed by atoms with E-state index in [0.29, 0.717) is 0 Å². The molecule has 1 unspecified atom stereocenters. The summed E-state index contributed by atoms with van der Waals surface area (Å²) in [6.07, 6.45) is 3.47. The molecule has 1 atom stereocenters. The topological polar surface area (TPSA) is 56.7 Å². The minimum atomic E-state index is -0.0426. The molecule has 2 rings (SSSR count). The van der Waals surface area contributed by atoms with Crippen molar-refractivity contribution in [1.29, 1.82) is 0 Å². The van der Waals surface area contributed by atoms with Crippen LogP contribution in [0.2, 0.25) is 0 Å². The smallest absolute Gasteiger partial charge is 0.221 e. The number of nitrogens with one attached hydrogen (secondary N) is 2. The van der Waals surface area contributed by atoms with Gasteiger partial charge in [0.2, 0.25) is 5.91 Å². The fraction of sp³-hybridized carbons (Fsp3) is 0.619. The Balaban J connectivity index is 1.88. The van der Waals surface area contributed by atoms with E-state index in [1.54, 1.807) is 0 Å². The Morgan fingerprint density at radius 1 is 1.31 bits per heavy atom. The third-order valence-electron chi connectivity index (χ3n) is 4.66. The Labute approximate surface area is 158 Å². The fourth-order valence-corrected chi connectivity index (χ4v) is 3.56. The number of rotatable bonds is 7. The lowest BCUT2D eigenvalue weighted by molar-refractivity contribution is -0.114. The highest BCUT2D eigenvalue weighted by molar-refractivity contribution is 5.88. The molecule has 5 nitrogen and oxygen atoms in total. The van der Waals surface area contributed by atoms with Crippen molar-refractivity contribution in [3.05, 3.63) is 29.8 Å². The van der Waals surface area contributed by atoms with Crippen LogP contribution in [0.5, 0.6) is 0 Å². The molecule has 5 heteroatoms. The third-order valence-corrected chi connectivity index (χ3v) is 4.66. The lowest BCUT2D eigenvalue weighted by atomic mass is 9.97. The van der Waals surface area contributed by atoms with Gasteiger partial charge in [-0.3, -0.25) is 9.79 Å². The van der Waals surface area contributed by atoms with Crippen LogP contribution < -0.4 is 10.6 Å². The van der Waals surface area contributed by atoms with Crippen LogP contribution in [0.3, 0.4) is 0 Å². The Hall–Kier alpha value is -2.04. The highest BCUT2D eigenvalue weighted by atomic mass is 16.1. The second kappa shape index (κ2) is 10.2. The highest BCUT2D eigenvalue weighted by Crippen LogP contribution is 2.23. The van der Waals surface area contributed by atoms with Gasteiger partial charge >= 0.3 is 0 Å². The summed E-state index contributed by atoms with van der Waals surface area (Å²) in [5.41, 5.74) is 2.07. The molecule has 0 bridgehead atoms. The van der Waals surface area contributed by atoms with Crippen molar-refractivity contribution >= 4 is 17.6 Å². The number of nitrogens with zero attached hydrogens (tertiary/aromatic N) is 2. The molecule has 1 saturated heterocycles. The summed E-state index contributed by atoms with van der Waals surface area (Å²) in [6, 6.07) is 8.01. The SMILES string of the molecule is CCNC(=NCCc1ccc(NC(C)=O)cc1)N1CCC(CC(C)C)C1. The number of carbonyl (C=O) groups excluding carboxylic acids is 1. The van der Waals surface area contributed by atoms with Gasteiger partial charge in [-0.25, -0.2) is 0 Å². The van der Waals surface area contributed by atoms with Crippen molar-refractivity contribution in [2.75, 3.05) is 31.5 Å². The number of aliphatic imine (C=N–C) groups is 1. The largest absolute Gasteiger partial charge is 0.357 e. The summed E-state index contributed by atoms with van der Waals surface area (Å²) in [4.78, 5) is 18.3. The Bertz CT molecular complexity index is 595. The van der Waals surface area contributed by atoms with Crippen LogP contribution in [-0.2, 0) is 11.2 Å². The van der Waals surface area contributed by atoms with E-state index in [4.69, 9.17) is 4.99 Å². The van der Waals surface area contributed by atoms with Gasteiger partial charge < -0.3 is 15.5 Å². The lowest BCUT2D eigenvalue weighted by Crippen LogP contribution is -2.40. The molecule has 1 aromatic rings. The number of amides is 1. The van der Waals surface area contributed by atoms with Crippen molar-refractivity contribution in [2.24, 2.45) is 16.8 Å². The molecule has 0 spiro atoms.